The van der Waals surface area contributed by atoms with E-state index in [0.717, 1.165) is 23.5 Å². The number of aromatic nitrogens is 3. The Bertz CT molecular complexity index is 575. The van der Waals surface area contributed by atoms with Crippen LogP contribution in [0.4, 0.5) is 13.2 Å². The van der Waals surface area contributed by atoms with Crippen LogP contribution in [0.15, 0.2) is 30.6 Å². The van der Waals surface area contributed by atoms with Gasteiger partial charge in [-0.15, -0.1) is 0 Å². The summed E-state index contributed by atoms with van der Waals surface area (Å²) in [5.74, 6) is 0.803. The molecule has 0 saturated heterocycles. The molecule has 0 spiro atoms. The zero-order valence-electron chi connectivity index (χ0n) is 11.9. The summed E-state index contributed by atoms with van der Waals surface area (Å²) in [5.41, 5.74) is 0.147. The molecule has 0 aliphatic heterocycles. The van der Waals surface area contributed by atoms with Crippen LogP contribution in [-0.4, -0.2) is 21.8 Å². The largest absolute Gasteiger partial charge is 0.416 e. The van der Waals surface area contributed by atoms with Crippen LogP contribution in [0.1, 0.15) is 29.9 Å². The van der Waals surface area contributed by atoms with Crippen molar-refractivity contribution in [3.8, 4) is 0 Å². The Hall–Kier alpha value is -1.89. The maximum Gasteiger partial charge on any atom is 0.416 e. The Labute approximate surface area is 121 Å². The van der Waals surface area contributed by atoms with Crippen LogP contribution in [0.25, 0.3) is 0 Å². The lowest BCUT2D eigenvalue weighted by atomic mass is 10.0. The molecule has 0 amide bonds. The fraction of sp³-hybridized carbons (Fsp3) is 0.429. The third-order valence-electron chi connectivity index (χ3n) is 3.37. The minimum atomic E-state index is -4.31. The number of aryl methyl sites for hydroxylation is 1. The molecule has 1 N–H and O–H groups in total. The molecular formula is C14H17F3N4. The number of rotatable bonds is 5. The van der Waals surface area contributed by atoms with Crippen LogP contribution in [0.5, 0.6) is 0 Å². The van der Waals surface area contributed by atoms with Gasteiger partial charge in [0.25, 0.3) is 0 Å². The van der Waals surface area contributed by atoms with Gasteiger partial charge in [-0.25, -0.2) is 4.98 Å². The quantitative estimate of drug-likeness (QED) is 0.923. The maximum absolute atomic E-state index is 12.6. The van der Waals surface area contributed by atoms with E-state index in [4.69, 9.17) is 0 Å². The molecule has 2 aromatic rings. The topological polar surface area (TPSA) is 42.7 Å². The highest BCUT2D eigenvalue weighted by molar-refractivity contribution is 5.27. The summed E-state index contributed by atoms with van der Waals surface area (Å²) in [6, 6.07) is 5.09. The fourth-order valence-electron chi connectivity index (χ4n) is 2.18. The molecule has 0 fully saturated rings. The molecule has 0 saturated carbocycles. The van der Waals surface area contributed by atoms with Crippen LogP contribution >= 0.6 is 0 Å². The van der Waals surface area contributed by atoms with Gasteiger partial charge in [-0.1, -0.05) is 12.1 Å². The summed E-state index contributed by atoms with van der Waals surface area (Å²) in [7, 11) is 1.77. The Balaban J connectivity index is 2.18. The number of hydrogen-bond acceptors (Lipinski definition) is 3. The van der Waals surface area contributed by atoms with Gasteiger partial charge in [0.05, 0.1) is 5.56 Å². The summed E-state index contributed by atoms with van der Waals surface area (Å²) in [5, 5.41) is 7.19. The minimum absolute atomic E-state index is 0.109. The van der Waals surface area contributed by atoms with Crippen molar-refractivity contribution in [2.75, 3.05) is 7.05 Å². The number of nitrogens with zero attached hydrogens (tertiary/aromatic N) is 3. The Kier molecular flexibility index (Phi) is 4.62. The van der Waals surface area contributed by atoms with Crippen LogP contribution < -0.4 is 5.32 Å². The van der Waals surface area contributed by atoms with Crippen molar-refractivity contribution in [3.05, 3.63) is 47.5 Å². The maximum atomic E-state index is 12.6. The van der Waals surface area contributed by atoms with Gasteiger partial charge in [0, 0.05) is 19.0 Å². The van der Waals surface area contributed by atoms with E-state index >= 15 is 0 Å². The summed E-state index contributed by atoms with van der Waals surface area (Å²) in [4.78, 5) is 4.19. The molecule has 1 unspecified atom stereocenters. The predicted molar refractivity (Wildman–Crippen MR) is 72.6 cm³/mol. The SMILES string of the molecule is CCn1ncnc1CC(NC)c1ccc(C(F)(F)F)cc1. The van der Waals surface area contributed by atoms with Crippen LogP contribution in [-0.2, 0) is 19.1 Å². The zero-order valence-corrected chi connectivity index (χ0v) is 11.9. The lowest BCUT2D eigenvalue weighted by Gasteiger charge is -2.17. The second-order valence-electron chi connectivity index (χ2n) is 4.66. The molecule has 114 valence electrons. The average molecular weight is 298 g/mol. The Morgan fingerprint density at radius 2 is 1.90 bits per heavy atom. The third-order valence-corrected chi connectivity index (χ3v) is 3.37. The number of alkyl halides is 3. The van der Waals surface area contributed by atoms with Gasteiger partial charge < -0.3 is 5.32 Å². The molecular weight excluding hydrogens is 281 g/mol. The van der Waals surface area contributed by atoms with Crippen molar-refractivity contribution in [3.63, 3.8) is 0 Å². The van der Waals surface area contributed by atoms with E-state index in [1.165, 1.54) is 18.5 Å². The monoisotopic (exact) mass is 298 g/mol. The van der Waals surface area contributed by atoms with Crippen LogP contribution in [0.3, 0.4) is 0 Å². The van der Waals surface area contributed by atoms with Gasteiger partial charge in [-0.3, -0.25) is 4.68 Å². The highest BCUT2D eigenvalue weighted by Gasteiger charge is 2.30. The predicted octanol–water partition coefficient (Wildman–Crippen LogP) is 2.82. The van der Waals surface area contributed by atoms with Crippen molar-refractivity contribution >= 4 is 0 Å². The molecule has 21 heavy (non-hydrogen) atoms. The van der Waals surface area contributed by atoms with Crippen molar-refractivity contribution in [2.45, 2.75) is 32.1 Å². The first-order valence-corrected chi connectivity index (χ1v) is 6.66. The zero-order chi connectivity index (χ0) is 15.5. The van der Waals surface area contributed by atoms with Gasteiger partial charge >= 0.3 is 6.18 Å². The van der Waals surface area contributed by atoms with Crippen molar-refractivity contribution in [1.82, 2.24) is 20.1 Å². The highest BCUT2D eigenvalue weighted by atomic mass is 19.4. The number of halogens is 3. The lowest BCUT2D eigenvalue weighted by Crippen LogP contribution is -2.21. The third kappa shape index (κ3) is 3.60. The molecule has 2 rings (SSSR count). The average Bonchev–Trinajstić information content (AvgIpc) is 2.91. The molecule has 0 aliphatic carbocycles. The molecule has 0 radical (unpaired) electrons. The molecule has 1 aromatic carbocycles. The Morgan fingerprint density at radius 3 is 2.43 bits per heavy atom. The van der Waals surface area contributed by atoms with Gasteiger partial charge in [-0.2, -0.15) is 18.3 Å². The fourth-order valence-corrected chi connectivity index (χ4v) is 2.18. The van der Waals surface area contributed by atoms with Crippen LogP contribution in [0, 0.1) is 0 Å². The van der Waals surface area contributed by atoms with Gasteiger partial charge in [0.2, 0.25) is 0 Å². The van der Waals surface area contributed by atoms with Crippen molar-refractivity contribution < 1.29 is 13.2 Å². The summed E-state index contributed by atoms with van der Waals surface area (Å²) in [6.45, 7) is 2.67. The first kappa shape index (κ1) is 15.5. The van der Waals surface area contributed by atoms with E-state index in [-0.39, 0.29) is 6.04 Å². The summed E-state index contributed by atoms with van der Waals surface area (Å²) in [6.07, 6.45) is -2.26. The highest BCUT2D eigenvalue weighted by Crippen LogP contribution is 2.30. The van der Waals surface area contributed by atoms with E-state index < -0.39 is 11.7 Å². The number of benzene rings is 1. The van der Waals surface area contributed by atoms with Gasteiger partial charge in [0.15, 0.2) is 0 Å². The van der Waals surface area contributed by atoms with E-state index in [1.807, 2.05) is 6.92 Å². The standard InChI is InChI=1S/C14H17F3N4/c1-3-21-13(19-9-20-21)8-12(18-2)10-4-6-11(7-5-10)14(15,16)17/h4-7,9,12,18H,3,8H2,1-2H3. The van der Waals surface area contributed by atoms with E-state index in [1.54, 1.807) is 11.7 Å². The molecule has 1 atom stereocenters. The van der Waals surface area contributed by atoms with E-state index in [9.17, 15) is 13.2 Å². The molecule has 7 heteroatoms. The first-order valence-electron chi connectivity index (χ1n) is 6.66. The number of nitrogens with one attached hydrogen (secondary N) is 1. The number of likely N-dealkylation sites (N-methyl/N-ethyl adjacent to an activating group) is 1. The second kappa shape index (κ2) is 6.26. The van der Waals surface area contributed by atoms with E-state index in [0.29, 0.717) is 13.0 Å². The normalized spacial score (nSPS) is 13.4. The lowest BCUT2D eigenvalue weighted by molar-refractivity contribution is -0.137. The molecule has 4 nitrogen and oxygen atoms in total. The molecule has 1 heterocycles. The second-order valence-corrected chi connectivity index (χ2v) is 4.66. The number of hydrogen-bond donors (Lipinski definition) is 1. The molecule has 1 aromatic heterocycles. The van der Waals surface area contributed by atoms with Crippen molar-refractivity contribution in [1.29, 1.82) is 0 Å². The molecule has 0 aliphatic rings. The Morgan fingerprint density at radius 1 is 1.24 bits per heavy atom. The van der Waals surface area contributed by atoms with Crippen LogP contribution in [0.2, 0.25) is 0 Å². The summed E-state index contributed by atoms with van der Waals surface area (Å²) < 4.78 is 39.5. The molecule has 0 bridgehead atoms. The smallest absolute Gasteiger partial charge is 0.313 e. The minimum Gasteiger partial charge on any atom is -0.313 e. The van der Waals surface area contributed by atoms with E-state index in [2.05, 4.69) is 15.4 Å². The summed E-state index contributed by atoms with van der Waals surface area (Å²) >= 11 is 0. The van der Waals surface area contributed by atoms with Gasteiger partial charge in [-0.05, 0) is 31.7 Å². The van der Waals surface area contributed by atoms with Gasteiger partial charge in [0.1, 0.15) is 12.2 Å². The first-order chi connectivity index (χ1) is 9.95. The van der Waals surface area contributed by atoms with Crippen molar-refractivity contribution in [2.24, 2.45) is 0 Å².